The first-order valence-electron chi connectivity index (χ1n) is 5.11. The van der Waals surface area contributed by atoms with Gasteiger partial charge in [0.05, 0.1) is 18.7 Å². The van der Waals surface area contributed by atoms with Crippen molar-refractivity contribution >= 4 is 5.97 Å². The van der Waals surface area contributed by atoms with Crippen LogP contribution in [-0.4, -0.2) is 18.6 Å². The second kappa shape index (κ2) is 5.56. The van der Waals surface area contributed by atoms with Gasteiger partial charge in [0, 0.05) is 6.04 Å². The lowest BCUT2D eigenvalue weighted by Gasteiger charge is -2.04. The van der Waals surface area contributed by atoms with Gasteiger partial charge in [-0.3, -0.25) is 0 Å². The minimum atomic E-state index is -0.336. The van der Waals surface area contributed by atoms with Crippen LogP contribution in [0.25, 0.3) is 0 Å². The van der Waals surface area contributed by atoms with Crippen molar-refractivity contribution in [2.45, 2.75) is 33.4 Å². The zero-order valence-corrected chi connectivity index (χ0v) is 9.37. The summed E-state index contributed by atoms with van der Waals surface area (Å²) < 4.78 is 10.1. The topological polar surface area (TPSA) is 51.5 Å². The maximum atomic E-state index is 11.3. The molecule has 4 heteroatoms. The van der Waals surface area contributed by atoms with Gasteiger partial charge >= 0.3 is 5.97 Å². The van der Waals surface area contributed by atoms with E-state index in [4.69, 9.17) is 9.15 Å². The fourth-order valence-corrected chi connectivity index (χ4v) is 1.10. The third-order valence-electron chi connectivity index (χ3n) is 1.85. The van der Waals surface area contributed by atoms with E-state index in [9.17, 15) is 4.79 Å². The minimum absolute atomic E-state index is 0.336. The molecule has 1 aromatic rings. The van der Waals surface area contributed by atoms with Crippen molar-refractivity contribution < 1.29 is 13.9 Å². The second-order valence-electron chi connectivity index (χ2n) is 3.56. The summed E-state index contributed by atoms with van der Waals surface area (Å²) in [6.45, 7) is 6.88. The van der Waals surface area contributed by atoms with Crippen LogP contribution in [0.4, 0.5) is 0 Å². The average Bonchev–Trinajstić information content (AvgIpc) is 2.63. The molecule has 0 aliphatic carbocycles. The molecule has 0 bridgehead atoms. The van der Waals surface area contributed by atoms with E-state index in [1.165, 1.54) is 6.26 Å². The Morgan fingerprint density at radius 3 is 2.93 bits per heavy atom. The van der Waals surface area contributed by atoms with Crippen molar-refractivity contribution in [1.29, 1.82) is 0 Å². The van der Waals surface area contributed by atoms with Crippen LogP contribution < -0.4 is 5.32 Å². The number of nitrogens with one attached hydrogen (secondary N) is 1. The summed E-state index contributed by atoms with van der Waals surface area (Å²) in [5, 5.41) is 3.20. The molecule has 0 radical (unpaired) electrons. The number of rotatable bonds is 5. The van der Waals surface area contributed by atoms with Gasteiger partial charge in [-0.05, 0) is 13.0 Å². The van der Waals surface area contributed by atoms with Crippen LogP contribution in [0.2, 0.25) is 0 Å². The summed E-state index contributed by atoms with van der Waals surface area (Å²) in [4.78, 5) is 11.3. The van der Waals surface area contributed by atoms with E-state index >= 15 is 0 Å². The van der Waals surface area contributed by atoms with Crippen molar-refractivity contribution in [1.82, 2.24) is 5.32 Å². The molecule has 15 heavy (non-hydrogen) atoms. The molecule has 0 aromatic carbocycles. The van der Waals surface area contributed by atoms with E-state index < -0.39 is 0 Å². The van der Waals surface area contributed by atoms with Gasteiger partial charge < -0.3 is 14.5 Å². The highest BCUT2D eigenvalue weighted by Gasteiger charge is 2.10. The lowest BCUT2D eigenvalue weighted by Crippen LogP contribution is -2.21. The van der Waals surface area contributed by atoms with Gasteiger partial charge in [-0.25, -0.2) is 4.79 Å². The molecule has 0 aliphatic rings. The summed E-state index contributed by atoms with van der Waals surface area (Å²) in [5.74, 6) is 0.406. The minimum Gasteiger partial charge on any atom is -0.467 e. The maximum absolute atomic E-state index is 11.3. The fraction of sp³-hybridized carbons (Fsp3) is 0.545. The largest absolute Gasteiger partial charge is 0.467 e. The average molecular weight is 211 g/mol. The molecule has 0 saturated carbocycles. The molecular formula is C11H17NO3. The molecule has 4 nitrogen and oxygen atoms in total. The molecule has 0 aliphatic heterocycles. The van der Waals surface area contributed by atoms with Gasteiger partial charge in [-0.15, -0.1) is 0 Å². The Hall–Kier alpha value is -1.29. The summed E-state index contributed by atoms with van der Waals surface area (Å²) in [7, 11) is 0. The number of carbonyl (C=O) groups excluding carboxylic acids is 1. The van der Waals surface area contributed by atoms with E-state index in [2.05, 4.69) is 19.2 Å². The predicted octanol–water partition coefficient (Wildman–Crippen LogP) is 1.95. The molecule has 0 fully saturated rings. The van der Waals surface area contributed by atoms with E-state index in [-0.39, 0.29) is 5.97 Å². The lowest BCUT2D eigenvalue weighted by atomic mass is 10.3. The molecule has 1 rings (SSSR count). The zero-order valence-electron chi connectivity index (χ0n) is 9.37. The van der Waals surface area contributed by atoms with Crippen LogP contribution in [0.3, 0.4) is 0 Å². The molecular weight excluding hydrogens is 194 g/mol. The molecule has 1 N–H and O–H groups in total. The third-order valence-corrected chi connectivity index (χ3v) is 1.85. The Morgan fingerprint density at radius 2 is 2.33 bits per heavy atom. The Bertz CT molecular complexity index is 317. The summed E-state index contributed by atoms with van der Waals surface area (Å²) >= 11 is 0. The van der Waals surface area contributed by atoms with Gasteiger partial charge in [0.25, 0.3) is 0 Å². The van der Waals surface area contributed by atoms with Crippen LogP contribution in [0, 0.1) is 0 Å². The van der Waals surface area contributed by atoms with Crippen LogP contribution in [0.15, 0.2) is 16.7 Å². The van der Waals surface area contributed by atoms with Gasteiger partial charge in [-0.2, -0.15) is 0 Å². The molecule has 1 heterocycles. The molecule has 0 atom stereocenters. The fourth-order valence-electron chi connectivity index (χ4n) is 1.10. The molecule has 0 unspecified atom stereocenters. The third kappa shape index (κ3) is 3.75. The zero-order chi connectivity index (χ0) is 11.3. The number of ether oxygens (including phenoxy) is 1. The Labute approximate surface area is 89.6 Å². The highest BCUT2D eigenvalue weighted by Crippen LogP contribution is 2.09. The van der Waals surface area contributed by atoms with E-state index in [1.807, 2.05) is 0 Å². The van der Waals surface area contributed by atoms with E-state index in [1.54, 1.807) is 13.0 Å². The first-order chi connectivity index (χ1) is 7.13. The Balaban J connectivity index is 2.52. The van der Waals surface area contributed by atoms with E-state index in [0.717, 1.165) is 5.76 Å². The Morgan fingerprint density at radius 1 is 1.60 bits per heavy atom. The number of furan rings is 1. The van der Waals surface area contributed by atoms with Crippen molar-refractivity contribution in [3.05, 3.63) is 23.7 Å². The number of esters is 1. The summed E-state index contributed by atoms with van der Waals surface area (Å²) in [5.41, 5.74) is 0.470. The molecule has 0 saturated heterocycles. The maximum Gasteiger partial charge on any atom is 0.341 e. The van der Waals surface area contributed by atoms with Gasteiger partial charge in [0.2, 0.25) is 0 Å². The van der Waals surface area contributed by atoms with Crippen molar-refractivity contribution in [2.24, 2.45) is 0 Å². The van der Waals surface area contributed by atoms with Gasteiger partial charge in [0.1, 0.15) is 12.0 Å². The van der Waals surface area contributed by atoms with Gasteiger partial charge in [-0.1, -0.05) is 13.8 Å². The smallest absolute Gasteiger partial charge is 0.341 e. The second-order valence-corrected chi connectivity index (χ2v) is 3.56. The standard InChI is InChI=1S/C11H17NO3/c1-4-14-11(13)9-5-10(15-7-9)6-12-8(2)3/h5,7-8,12H,4,6H2,1-3H3. The normalized spacial score (nSPS) is 10.7. The first-order valence-corrected chi connectivity index (χ1v) is 5.11. The highest BCUT2D eigenvalue weighted by molar-refractivity contribution is 5.89. The predicted molar refractivity (Wildman–Crippen MR) is 56.6 cm³/mol. The number of hydrogen-bond donors (Lipinski definition) is 1. The van der Waals surface area contributed by atoms with Gasteiger partial charge in [0.15, 0.2) is 0 Å². The monoisotopic (exact) mass is 211 g/mol. The van der Waals surface area contributed by atoms with E-state index in [0.29, 0.717) is 24.8 Å². The van der Waals surface area contributed by atoms with Crippen LogP contribution in [0.5, 0.6) is 0 Å². The molecule has 0 spiro atoms. The van der Waals surface area contributed by atoms with Crippen LogP contribution >= 0.6 is 0 Å². The highest BCUT2D eigenvalue weighted by atomic mass is 16.5. The van der Waals surface area contributed by atoms with Crippen LogP contribution in [-0.2, 0) is 11.3 Å². The first kappa shape index (κ1) is 11.8. The molecule has 84 valence electrons. The summed E-state index contributed by atoms with van der Waals surface area (Å²) in [6, 6.07) is 2.09. The molecule has 1 aromatic heterocycles. The summed E-state index contributed by atoms with van der Waals surface area (Å²) in [6.07, 6.45) is 1.43. The lowest BCUT2D eigenvalue weighted by molar-refractivity contribution is 0.0525. The number of carbonyl (C=O) groups is 1. The van der Waals surface area contributed by atoms with Crippen molar-refractivity contribution in [3.63, 3.8) is 0 Å². The number of hydrogen-bond acceptors (Lipinski definition) is 4. The Kier molecular flexibility index (Phi) is 4.37. The van der Waals surface area contributed by atoms with Crippen LogP contribution in [0.1, 0.15) is 36.9 Å². The van der Waals surface area contributed by atoms with Crippen molar-refractivity contribution in [2.75, 3.05) is 6.61 Å². The van der Waals surface area contributed by atoms with Crippen molar-refractivity contribution in [3.8, 4) is 0 Å². The SMILES string of the molecule is CCOC(=O)c1coc(CNC(C)C)c1. The quantitative estimate of drug-likeness (QED) is 0.756. The molecule has 0 amide bonds.